The third kappa shape index (κ3) is 3.17. The van der Waals surface area contributed by atoms with Crippen molar-refractivity contribution in [2.75, 3.05) is 17.7 Å². The van der Waals surface area contributed by atoms with Crippen molar-refractivity contribution in [3.63, 3.8) is 0 Å². The summed E-state index contributed by atoms with van der Waals surface area (Å²) in [7, 11) is 1.93. The van der Waals surface area contributed by atoms with E-state index in [2.05, 4.69) is 0 Å². The van der Waals surface area contributed by atoms with E-state index < -0.39 is 0 Å². The predicted octanol–water partition coefficient (Wildman–Crippen LogP) is 3.70. The van der Waals surface area contributed by atoms with Crippen LogP contribution in [0.3, 0.4) is 0 Å². The molecular weight excluding hydrogens is 275 g/mol. The summed E-state index contributed by atoms with van der Waals surface area (Å²) in [5, 5.41) is 0.934. The van der Waals surface area contributed by atoms with Gasteiger partial charge in [-0.1, -0.05) is 19.1 Å². The third-order valence-corrected chi connectivity index (χ3v) is 4.34. The Hall–Kier alpha value is -1.88. The summed E-state index contributed by atoms with van der Waals surface area (Å²) in [6.45, 7) is 2.46. The van der Waals surface area contributed by atoms with E-state index in [1.165, 1.54) is 23.5 Å². The van der Waals surface area contributed by atoms with Crippen LogP contribution in [0.1, 0.15) is 28.6 Å². The van der Waals surface area contributed by atoms with Gasteiger partial charge in [0.1, 0.15) is 5.82 Å². The molecule has 1 aromatic carbocycles. The van der Waals surface area contributed by atoms with Crippen LogP contribution >= 0.6 is 11.3 Å². The van der Waals surface area contributed by atoms with Gasteiger partial charge in [-0.15, -0.1) is 11.3 Å². The Morgan fingerprint density at radius 3 is 2.60 bits per heavy atom. The van der Waals surface area contributed by atoms with Crippen molar-refractivity contribution in [2.45, 2.75) is 19.9 Å². The molecule has 0 bridgehead atoms. The molecule has 0 aliphatic carbocycles. The molecule has 2 N–H and O–H groups in total. The number of hydrogen-bond donors (Lipinski definition) is 1. The van der Waals surface area contributed by atoms with Gasteiger partial charge in [0.05, 0.1) is 15.6 Å². The summed E-state index contributed by atoms with van der Waals surface area (Å²) in [6, 6.07) is 8.20. The zero-order valence-electron chi connectivity index (χ0n) is 11.5. The first kappa shape index (κ1) is 14.5. The highest BCUT2D eigenvalue weighted by atomic mass is 32.1. The number of ketones is 1. The smallest absolute Gasteiger partial charge is 0.174 e. The molecule has 20 heavy (non-hydrogen) atoms. The topological polar surface area (TPSA) is 46.3 Å². The van der Waals surface area contributed by atoms with Crippen LogP contribution in [0.15, 0.2) is 30.3 Å². The maximum atomic E-state index is 12.9. The van der Waals surface area contributed by atoms with Gasteiger partial charge in [-0.3, -0.25) is 4.79 Å². The van der Waals surface area contributed by atoms with E-state index in [1.54, 1.807) is 12.1 Å². The van der Waals surface area contributed by atoms with Crippen molar-refractivity contribution in [2.24, 2.45) is 0 Å². The first-order chi connectivity index (χ1) is 9.51. The van der Waals surface area contributed by atoms with Crippen molar-refractivity contribution < 1.29 is 9.18 Å². The largest absolute Gasteiger partial charge is 0.397 e. The second-order valence-electron chi connectivity index (χ2n) is 4.63. The van der Waals surface area contributed by atoms with E-state index in [4.69, 9.17) is 5.73 Å². The average molecular weight is 292 g/mol. The lowest BCUT2D eigenvalue weighted by atomic mass is 10.2. The summed E-state index contributed by atoms with van der Waals surface area (Å²) >= 11 is 1.40. The SMILES string of the molecule is CCC(=O)c1sc(N(C)Cc2ccc(F)cc2)cc1N. The highest BCUT2D eigenvalue weighted by molar-refractivity contribution is 7.18. The van der Waals surface area contributed by atoms with E-state index in [0.717, 1.165) is 10.6 Å². The molecule has 0 saturated carbocycles. The first-order valence-electron chi connectivity index (χ1n) is 6.39. The number of nitrogens with zero attached hydrogens (tertiary/aromatic N) is 1. The molecule has 0 radical (unpaired) electrons. The Kier molecular flexibility index (Phi) is 4.39. The van der Waals surface area contributed by atoms with Crippen molar-refractivity contribution in [1.29, 1.82) is 0 Å². The fourth-order valence-corrected chi connectivity index (χ4v) is 2.95. The van der Waals surface area contributed by atoms with Crippen LogP contribution in [0, 0.1) is 5.82 Å². The Bertz CT molecular complexity index is 607. The maximum Gasteiger partial charge on any atom is 0.174 e. The van der Waals surface area contributed by atoms with Crippen LogP contribution < -0.4 is 10.6 Å². The molecule has 3 nitrogen and oxygen atoms in total. The highest BCUT2D eigenvalue weighted by Crippen LogP contribution is 2.33. The van der Waals surface area contributed by atoms with Gasteiger partial charge >= 0.3 is 0 Å². The molecular formula is C15H17FN2OS. The number of carbonyl (C=O) groups is 1. The molecule has 0 unspecified atom stereocenters. The van der Waals surface area contributed by atoms with Crippen molar-refractivity contribution in [3.05, 3.63) is 46.6 Å². The number of benzene rings is 1. The Balaban J connectivity index is 2.15. The maximum absolute atomic E-state index is 12.9. The fourth-order valence-electron chi connectivity index (χ4n) is 1.90. The van der Waals surface area contributed by atoms with Crippen LogP contribution in [0.4, 0.5) is 15.1 Å². The molecule has 0 fully saturated rings. The van der Waals surface area contributed by atoms with Gasteiger partial charge in [-0.25, -0.2) is 4.39 Å². The molecule has 1 aromatic heterocycles. The van der Waals surface area contributed by atoms with Crippen LogP contribution in [-0.2, 0) is 6.54 Å². The zero-order chi connectivity index (χ0) is 14.7. The summed E-state index contributed by atoms with van der Waals surface area (Å²) in [5.41, 5.74) is 7.42. The van der Waals surface area contributed by atoms with Gasteiger partial charge in [-0.05, 0) is 23.8 Å². The summed E-state index contributed by atoms with van der Waals surface area (Å²) < 4.78 is 12.9. The van der Waals surface area contributed by atoms with Gasteiger partial charge in [0.25, 0.3) is 0 Å². The molecule has 2 rings (SSSR count). The van der Waals surface area contributed by atoms with Crippen molar-refractivity contribution in [1.82, 2.24) is 0 Å². The quantitative estimate of drug-likeness (QED) is 0.855. The third-order valence-electron chi connectivity index (χ3n) is 3.03. The van der Waals surface area contributed by atoms with E-state index in [9.17, 15) is 9.18 Å². The van der Waals surface area contributed by atoms with Crippen LogP contribution in [0.5, 0.6) is 0 Å². The van der Waals surface area contributed by atoms with Crippen LogP contribution in [0.2, 0.25) is 0 Å². The standard InChI is InChI=1S/C15H17FN2OS/c1-3-13(19)15-12(17)8-14(20-15)18(2)9-10-4-6-11(16)7-5-10/h4-8H,3,9,17H2,1-2H3. The Morgan fingerprint density at radius 2 is 2.00 bits per heavy atom. The molecule has 0 atom stereocenters. The molecule has 106 valence electrons. The van der Waals surface area contributed by atoms with E-state index in [0.29, 0.717) is 23.5 Å². The number of anilines is 2. The van der Waals surface area contributed by atoms with Gasteiger partial charge in [-0.2, -0.15) is 0 Å². The van der Waals surface area contributed by atoms with Gasteiger partial charge in [0.15, 0.2) is 5.78 Å². The number of Topliss-reactive ketones (excluding diaryl/α,β-unsaturated/α-hetero) is 1. The number of nitrogen functional groups attached to an aromatic ring is 1. The van der Waals surface area contributed by atoms with E-state index in [1.807, 2.05) is 24.9 Å². The van der Waals surface area contributed by atoms with E-state index in [-0.39, 0.29) is 11.6 Å². The number of nitrogens with two attached hydrogens (primary N) is 1. The lowest BCUT2D eigenvalue weighted by molar-refractivity contribution is 0.0993. The fraction of sp³-hybridized carbons (Fsp3) is 0.267. The lowest BCUT2D eigenvalue weighted by Gasteiger charge is -2.16. The second-order valence-corrected chi connectivity index (χ2v) is 5.66. The number of rotatable bonds is 5. The molecule has 0 saturated heterocycles. The number of hydrogen-bond acceptors (Lipinski definition) is 4. The van der Waals surface area contributed by atoms with Gasteiger partial charge in [0.2, 0.25) is 0 Å². The molecule has 1 heterocycles. The Morgan fingerprint density at radius 1 is 1.35 bits per heavy atom. The van der Waals surface area contributed by atoms with Gasteiger partial charge < -0.3 is 10.6 Å². The molecule has 0 amide bonds. The minimum Gasteiger partial charge on any atom is -0.397 e. The Labute approximate surface area is 121 Å². The number of halogens is 1. The molecule has 0 aliphatic rings. The predicted molar refractivity (Wildman–Crippen MR) is 81.9 cm³/mol. The molecule has 5 heteroatoms. The first-order valence-corrected chi connectivity index (χ1v) is 7.21. The summed E-state index contributed by atoms with van der Waals surface area (Å²) in [4.78, 5) is 14.4. The normalized spacial score (nSPS) is 10.6. The zero-order valence-corrected chi connectivity index (χ0v) is 12.3. The monoisotopic (exact) mass is 292 g/mol. The van der Waals surface area contributed by atoms with Crippen LogP contribution in [-0.4, -0.2) is 12.8 Å². The minimum absolute atomic E-state index is 0.0638. The van der Waals surface area contributed by atoms with Crippen LogP contribution in [0.25, 0.3) is 0 Å². The highest BCUT2D eigenvalue weighted by Gasteiger charge is 2.15. The lowest BCUT2D eigenvalue weighted by Crippen LogP contribution is -2.14. The van der Waals surface area contributed by atoms with E-state index >= 15 is 0 Å². The number of thiophene rings is 1. The second kappa shape index (κ2) is 6.05. The molecule has 0 aliphatic heterocycles. The van der Waals surface area contributed by atoms with Gasteiger partial charge in [0, 0.05) is 20.0 Å². The summed E-state index contributed by atoms with van der Waals surface area (Å²) in [5.74, 6) is -0.179. The summed E-state index contributed by atoms with van der Waals surface area (Å²) in [6.07, 6.45) is 0.450. The molecule has 2 aromatic rings. The number of carbonyl (C=O) groups excluding carboxylic acids is 1. The minimum atomic E-state index is -0.243. The van der Waals surface area contributed by atoms with Crippen molar-refractivity contribution >= 4 is 27.8 Å². The van der Waals surface area contributed by atoms with Crippen molar-refractivity contribution in [3.8, 4) is 0 Å². The average Bonchev–Trinajstić information content (AvgIpc) is 2.82. The molecule has 0 spiro atoms.